The number of carbonyl (C=O) groups excluding carboxylic acids is 1. The number of aryl methyl sites for hydroxylation is 1. The summed E-state index contributed by atoms with van der Waals surface area (Å²) in [7, 11) is 0. The largest absolute Gasteiger partial charge is 0.346 e. The normalized spacial score (nSPS) is 13.3. The van der Waals surface area contributed by atoms with E-state index in [-0.39, 0.29) is 5.91 Å². The predicted octanol–water partition coefficient (Wildman–Crippen LogP) is 3.69. The first-order chi connectivity index (χ1) is 12.7. The van der Waals surface area contributed by atoms with E-state index in [0.29, 0.717) is 12.1 Å². The zero-order chi connectivity index (χ0) is 17.9. The number of aromatic nitrogens is 1. The van der Waals surface area contributed by atoms with E-state index in [4.69, 9.17) is 0 Å². The van der Waals surface area contributed by atoms with Gasteiger partial charge in [-0.25, -0.2) is 4.98 Å². The van der Waals surface area contributed by atoms with Crippen LogP contribution in [0.15, 0.2) is 48.5 Å². The summed E-state index contributed by atoms with van der Waals surface area (Å²) in [5.74, 6) is -0.0495. The van der Waals surface area contributed by atoms with Gasteiger partial charge in [0.25, 0.3) is 5.91 Å². The Kier molecular flexibility index (Phi) is 4.82. The number of hydrogen-bond acceptors (Lipinski definition) is 4. The van der Waals surface area contributed by atoms with E-state index in [9.17, 15) is 4.79 Å². The van der Waals surface area contributed by atoms with Crippen molar-refractivity contribution < 1.29 is 4.79 Å². The molecule has 1 aliphatic heterocycles. The minimum absolute atomic E-state index is 0.0495. The fourth-order valence-corrected chi connectivity index (χ4v) is 4.21. The van der Waals surface area contributed by atoms with Gasteiger partial charge in [-0.2, -0.15) is 0 Å². The van der Waals surface area contributed by atoms with E-state index in [2.05, 4.69) is 33.8 Å². The summed E-state index contributed by atoms with van der Waals surface area (Å²) >= 11 is 1.69. The van der Waals surface area contributed by atoms with Crippen molar-refractivity contribution in [3.8, 4) is 11.1 Å². The number of fused-ring (bicyclic) bond motifs is 1. The van der Waals surface area contributed by atoms with Crippen LogP contribution in [-0.4, -0.2) is 17.4 Å². The molecule has 2 aromatic carbocycles. The molecule has 1 aliphatic rings. The average molecular weight is 363 g/mol. The Bertz CT molecular complexity index is 910. The van der Waals surface area contributed by atoms with Gasteiger partial charge in [-0.05, 0) is 29.7 Å². The minimum atomic E-state index is -0.0495. The molecule has 0 aliphatic carbocycles. The van der Waals surface area contributed by atoms with E-state index in [1.165, 1.54) is 10.6 Å². The van der Waals surface area contributed by atoms with Crippen LogP contribution in [0.2, 0.25) is 0 Å². The van der Waals surface area contributed by atoms with Gasteiger partial charge in [-0.3, -0.25) is 4.79 Å². The maximum absolute atomic E-state index is 12.7. The molecule has 132 valence electrons. The third-order valence-electron chi connectivity index (χ3n) is 4.64. The van der Waals surface area contributed by atoms with Gasteiger partial charge in [0.2, 0.25) is 0 Å². The molecule has 5 heteroatoms. The van der Waals surface area contributed by atoms with Crippen LogP contribution in [0, 0.1) is 6.92 Å². The Labute approximate surface area is 157 Å². The van der Waals surface area contributed by atoms with Crippen molar-refractivity contribution in [1.29, 1.82) is 0 Å². The lowest BCUT2D eigenvalue weighted by Crippen LogP contribution is -2.23. The van der Waals surface area contributed by atoms with Gasteiger partial charge in [0.1, 0.15) is 5.01 Å². The van der Waals surface area contributed by atoms with Gasteiger partial charge in [0, 0.05) is 30.0 Å². The summed E-state index contributed by atoms with van der Waals surface area (Å²) in [6.07, 6.45) is 0.970. The standard InChI is InChI=1S/C21H21N3OS/c1-14-7-8-16(15-5-3-2-4-6-15)11-17(14)21(25)23-13-20-24-18-9-10-22-12-19(18)26-20/h2-8,11,22H,9-10,12-13H2,1H3,(H,23,25). The van der Waals surface area contributed by atoms with Gasteiger partial charge in [-0.1, -0.05) is 42.5 Å². The lowest BCUT2D eigenvalue weighted by Gasteiger charge is -2.09. The lowest BCUT2D eigenvalue weighted by molar-refractivity contribution is 0.0950. The molecule has 1 aromatic heterocycles. The molecular formula is C21H21N3OS. The molecule has 0 bridgehead atoms. The molecule has 2 N–H and O–H groups in total. The van der Waals surface area contributed by atoms with Crippen molar-refractivity contribution in [3.63, 3.8) is 0 Å². The van der Waals surface area contributed by atoms with Gasteiger partial charge < -0.3 is 10.6 Å². The molecule has 0 radical (unpaired) electrons. The summed E-state index contributed by atoms with van der Waals surface area (Å²) in [6.45, 7) is 4.32. The van der Waals surface area contributed by atoms with Gasteiger partial charge in [0.05, 0.1) is 12.2 Å². The number of nitrogens with zero attached hydrogens (tertiary/aromatic N) is 1. The Morgan fingerprint density at radius 3 is 2.85 bits per heavy atom. The summed E-state index contributed by atoms with van der Waals surface area (Å²) in [5.41, 5.74) is 5.04. The van der Waals surface area contributed by atoms with E-state index >= 15 is 0 Å². The molecular weight excluding hydrogens is 342 g/mol. The van der Waals surface area contributed by atoms with Gasteiger partial charge in [0.15, 0.2) is 0 Å². The second-order valence-electron chi connectivity index (χ2n) is 6.48. The maximum Gasteiger partial charge on any atom is 0.251 e. The van der Waals surface area contributed by atoms with Crippen LogP contribution in [-0.2, 0) is 19.5 Å². The quantitative estimate of drug-likeness (QED) is 0.743. The molecule has 0 unspecified atom stereocenters. The van der Waals surface area contributed by atoms with Gasteiger partial charge in [-0.15, -0.1) is 11.3 Å². The van der Waals surface area contributed by atoms with Crippen molar-refractivity contribution in [2.75, 3.05) is 6.54 Å². The molecule has 2 heterocycles. The molecule has 1 amide bonds. The molecule has 0 saturated carbocycles. The first-order valence-corrected chi connectivity index (χ1v) is 9.65. The number of thiazole rings is 1. The van der Waals surface area contributed by atoms with E-state index in [0.717, 1.165) is 41.2 Å². The highest BCUT2D eigenvalue weighted by Gasteiger charge is 2.16. The first-order valence-electron chi connectivity index (χ1n) is 8.83. The van der Waals surface area contributed by atoms with Crippen LogP contribution >= 0.6 is 11.3 Å². The minimum Gasteiger partial charge on any atom is -0.346 e. The summed E-state index contributed by atoms with van der Waals surface area (Å²) < 4.78 is 0. The summed E-state index contributed by atoms with van der Waals surface area (Å²) in [6, 6.07) is 16.2. The molecule has 4 nitrogen and oxygen atoms in total. The van der Waals surface area contributed by atoms with Gasteiger partial charge >= 0.3 is 0 Å². The van der Waals surface area contributed by atoms with Crippen LogP contribution in [0.25, 0.3) is 11.1 Å². The first kappa shape index (κ1) is 16.9. The van der Waals surface area contributed by atoms with Crippen molar-refractivity contribution >= 4 is 17.2 Å². The van der Waals surface area contributed by atoms with E-state index < -0.39 is 0 Å². The Morgan fingerprint density at radius 2 is 2.04 bits per heavy atom. The van der Waals surface area contributed by atoms with Crippen molar-refractivity contribution in [3.05, 3.63) is 75.2 Å². The number of benzene rings is 2. The van der Waals surface area contributed by atoms with E-state index in [1.807, 2.05) is 37.3 Å². The summed E-state index contributed by atoms with van der Waals surface area (Å²) in [4.78, 5) is 18.7. The fraction of sp³-hybridized carbons (Fsp3) is 0.238. The van der Waals surface area contributed by atoms with Crippen molar-refractivity contribution in [1.82, 2.24) is 15.6 Å². The molecule has 4 rings (SSSR count). The highest BCUT2D eigenvalue weighted by atomic mass is 32.1. The lowest BCUT2D eigenvalue weighted by atomic mass is 9.99. The monoisotopic (exact) mass is 363 g/mol. The number of hydrogen-bond donors (Lipinski definition) is 2. The fourth-order valence-electron chi connectivity index (χ4n) is 3.18. The van der Waals surface area contributed by atoms with Crippen molar-refractivity contribution in [2.24, 2.45) is 0 Å². The van der Waals surface area contributed by atoms with Crippen LogP contribution in [0.4, 0.5) is 0 Å². The predicted molar refractivity (Wildman–Crippen MR) is 105 cm³/mol. The number of nitrogens with one attached hydrogen (secondary N) is 2. The highest BCUT2D eigenvalue weighted by Crippen LogP contribution is 2.23. The third-order valence-corrected chi connectivity index (χ3v) is 5.73. The molecule has 0 fully saturated rings. The smallest absolute Gasteiger partial charge is 0.251 e. The Morgan fingerprint density at radius 1 is 1.19 bits per heavy atom. The SMILES string of the molecule is Cc1ccc(-c2ccccc2)cc1C(=O)NCc1nc2c(s1)CNCC2. The zero-order valence-corrected chi connectivity index (χ0v) is 15.5. The maximum atomic E-state index is 12.7. The van der Waals surface area contributed by atoms with Crippen molar-refractivity contribution in [2.45, 2.75) is 26.4 Å². The third kappa shape index (κ3) is 3.54. The average Bonchev–Trinajstić information content (AvgIpc) is 3.10. The van der Waals surface area contributed by atoms with E-state index in [1.54, 1.807) is 11.3 Å². The Hall–Kier alpha value is -2.50. The molecule has 0 saturated heterocycles. The summed E-state index contributed by atoms with van der Waals surface area (Å²) in [5, 5.41) is 7.37. The zero-order valence-electron chi connectivity index (χ0n) is 14.7. The molecule has 0 atom stereocenters. The topological polar surface area (TPSA) is 54.0 Å². The molecule has 26 heavy (non-hydrogen) atoms. The second kappa shape index (κ2) is 7.40. The van der Waals surface area contributed by atoms with Crippen LogP contribution < -0.4 is 10.6 Å². The number of amides is 1. The molecule has 0 spiro atoms. The second-order valence-corrected chi connectivity index (χ2v) is 7.65. The number of rotatable bonds is 4. The highest BCUT2D eigenvalue weighted by molar-refractivity contribution is 7.11. The van der Waals surface area contributed by atoms with Crippen LogP contribution in [0.1, 0.15) is 31.5 Å². The number of carbonyl (C=O) groups is 1. The Balaban J connectivity index is 1.50. The van der Waals surface area contributed by atoms with Crippen LogP contribution in [0.3, 0.4) is 0 Å². The molecule has 3 aromatic rings. The van der Waals surface area contributed by atoms with Crippen LogP contribution in [0.5, 0.6) is 0 Å².